The van der Waals surface area contributed by atoms with Gasteiger partial charge in [-0.1, -0.05) is 11.6 Å². The number of imide groups is 1. The van der Waals surface area contributed by atoms with Gasteiger partial charge in [0.05, 0.1) is 30.7 Å². The van der Waals surface area contributed by atoms with Crippen LogP contribution in [0.15, 0.2) is 24.3 Å². The molecule has 35 heavy (non-hydrogen) atoms. The van der Waals surface area contributed by atoms with Gasteiger partial charge < -0.3 is 9.64 Å². The van der Waals surface area contributed by atoms with E-state index in [1.165, 1.54) is 24.2 Å². The third kappa shape index (κ3) is 4.30. The largest absolute Gasteiger partial charge is 0.379 e. The molecule has 1 aromatic rings. The Labute approximate surface area is 211 Å². The Hall–Kier alpha value is -1.96. The molecule has 1 aromatic carbocycles. The van der Waals surface area contributed by atoms with Gasteiger partial charge in [0, 0.05) is 31.2 Å². The highest BCUT2D eigenvalue weighted by Gasteiger charge is 2.57. The van der Waals surface area contributed by atoms with E-state index in [1.807, 2.05) is 0 Å². The van der Waals surface area contributed by atoms with Crippen molar-refractivity contribution < 1.29 is 19.1 Å². The van der Waals surface area contributed by atoms with Gasteiger partial charge in [0.1, 0.15) is 6.04 Å². The summed E-state index contributed by atoms with van der Waals surface area (Å²) in [6.07, 6.45) is 6.65. The van der Waals surface area contributed by atoms with Gasteiger partial charge in [-0.25, -0.2) is 4.90 Å². The lowest BCUT2D eigenvalue weighted by Gasteiger charge is -2.57. The zero-order valence-electron chi connectivity index (χ0n) is 20.2. The first kappa shape index (κ1) is 23.4. The molecule has 188 valence electrons. The molecule has 2 saturated heterocycles. The molecular weight excluding hydrogens is 466 g/mol. The van der Waals surface area contributed by atoms with Crippen molar-refractivity contribution in [2.24, 2.45) is 23.2 Å². The molecular formula is C27H34ClN3O4. The molecule has 0 radical (unpaired) electrons. The summed E-state index contributed by atoms with van der Waals surface area (Å²) in [6.45, 7) is 4.20. The highest BCUT2D eigenvalue weighted by Crippen LogP contribution is 2.60. The van der Waals surface area contributed by atoms with Crippen LogP contribution in [-0.4, -0.2) is 73.0 Å². The average molecular weight is 500 g/mol. The number of amides is 3. The summed E-state index contributed by atoms with van der Waals surface area (Å²) < 4.78 is 5.48. The highest BCUT2D eigenvalue weighted by atomic mass is 35.5. The fourth-order valence-electron chi connectivity index (χ4n) is 7.87. The number of anilines is 1. The van der Waals surface area contributed by atoms with Gasteiger partial charge in [-0.3, -0.25) is 19.3 Å². The normalized spacial score (nSPS) is 34.6. The Balaban J connectivity index is 1.27. The predicted molar refractivity (Wildman–Crippen MR) is 132 cm³/mol. The minimum atomic E-state index is -0.736. The molecule has 1 unspecified atom stereocenters. The number of benzene rings is 1. The van der Waals surface area contributed by atoms with Crippen LogP contribution in [0, 0.1) is 23.2 Å². The SMILES string of the molecule is O=C1CC(N(CCN2CCOCC2)C(=O)C23CC4CC(CC(C4)C2)C3)C(=O)N1c1ccc(Cl)cc1. The summed E-state index contributed by atoms with van der Waals surface area (Å²) >= 11 is 6.02. The van der Waals surface area contributed by atoms with Gasteiger partial charge in [0.25, 0.3) is 5.91 Å². The van der Waals surface area contributed by atoms with Crippen LogP contribution in [0.5, 0.6) is 0 Å². The lowest BCUT2D eigenvalue weighted by Crippen LogP contribution is -2.58. The van der Waals surface area contributed by atoms with Crippen LogP contribution in [0.25, 0.3) is 0 Å². The monoisotopic (exact) mass is 499 g/mol. The van der Waals surface area contributed by atoms with Crippen LogP contribution in [0.3, 0.4) is 0 Å². The molecule has 0 spiro atoms. The maximum Gasteiger partial charge on any atom is 0.257 e. The third-order valence-electron chi connectivity index (χ3n) is 9.10. The van der Waals surface area contributed by atoms with Gasteiger partial charge in [-0.2, -0.15) is 0 Å². The molecule has 6 aliphatic rings. The van der Waals surface area contributed by atoms with E-state index in [9.17, 15) is 14.4 Å². The molecule has 2 aliphatic heterocycles. The molecule has 2 heterocycles. The Kier molecular flexibility index (Phi) is 6.14. The zero-order chi connectivity index (χ0) is 24.2. The fourth-order valence-corrected chi connectivity index (χ4v) is 8.00. The number of hydrogen-bond acceptors (Lipinski definition) is 5. The molecule has 8 heteroatoms. The summed E-state index contributed by atoms with van der Waals surface area (Å²) in [6, 6.07) is 6.02. The van der Waals surface area contributed by atoms with Crippen LogP contribution >= 0.6 is 11.6 Å². The van der Waals surface area contributed by atoms with Crippen molar-refractivity contribution in [1.82, 2.24) is 9.80 Å². The zero-order valence-corrected chi connectivity index (χ0v) is 20.9. The molecule has 0 aromatic heterocycles. The first-order chi connectivity index (χ1) is 16.9. The highest BCUT2D eigenvalue weighted by molar-refractivity contribution is 6.30. The van der Waals surface area contributed by atoms with Crippen molar-refractivity contribution in [3.05, 3.63) is 29.3 Å². The Bertz CT molecular complexity index is 971. The van der Waals surface area contributed by atoms with Crippen LogP contribution in [0.2, 0.25) is 5.02 Å². The lowest BCUT2D eigenvalue weighted by molar-refractivity contribution is -0.162. The van der Waals surface area contributed by atoms with Gasteiger partial charge in [0.15, 0.2) is 0 Å². The van der Waals surface area contributed by atoms with Gasteiger partial charge in [0.2, 0.25) is 11.8 Å². The number of carbonyl (C=O) groups excluding carboxylic acids is 3. The third-order valence-corrected chi connectivity index (χ3v) is 9.35. The number of nitrogens with zero attached hydrogens (tertiary/aromatic N) is 3. The maximum absolute atomic E-state index is 14.4. The molecule has 3 amide bonds. The van der Waals surface area contributed by atoms with Crippen LogP contribution in [-0.2, 0) is 19.1 Å². The topological polar surface area (TPSA) is 70.2 Å². The van der Waals surface area contributed by atoms with Gasteiger partial charge in [-0.05, 0) is 80.5 Å². The number of halogens is 1. The van der Waals surface area contributed by atoms with E-state index in [0.717, 1.165) is 32.4 Å². The standard InChI is InChI=1S/C27H34ClN3O4/c28-21-1-3-22(4-2-21)31-24(32)14-23(25(31)33)30(6-5-29-7-9-35-10-8-29)26(34)27-15-18-11-19(16-27)13-20(12-18)17-27/h1-4,18-20,23H,5-17H2. The summed E-state index contributed by atoms with van der Waals surface area (Å²) in [5.41, 5.74) is 0.166. The maximum atomic E-state index is 14.4. The second-order valence-corrected chi connectivity index (χ2v) is 11.9. The lowest BCUT2D eigenvalue weighted by atomic mass is 9.49. The van der Waals surface area contributed by atoms with E-state index in [2.05, 4.69) is 4.90 Å². The second-order valence-electron chi connectivity index (χ2n) is 11.4. The van der Waals surface area contributed by atoms with Gasteiger partial charge >= 0.3 is 0 Å². The molecule has 1 atom stereocenters. The molecule has 4 saturated carbocycles. The number of rotatable bonds is 6. The fraction of sp³-hybridized carbons (Fsp3) is 0.667. The number of morpholine rings is 1. The van der Waals surface area contributed by atoms with Crippen LogP contribution in [0.1, 0.15) is 44.9 Å². The minimum Gasteiger partial charge on any atom is -0.379 e. The van der Waals surface area contributed by atoms with E-state index >= 15 is 0 Å². The van der Waals surface area contributed by atoms with Crippen molar-refractivity contribution in [2.75, 3.05) is 44.3 Å². The Morgan fingerprint density at radius 3 is 2.20 bits per heavy atom. The first-order valence-electron chi connectivity index (χ1n) is 13.2. The summed E-state index contributed by atoms with van der Waals surface area (Å²) in [5, 5.41) is 0.550. The molecule has 7 nitrogen and oxygen atoms in total. The Morgan fingerprint density at radius 2 is 1.60 bits per heavy atom. The molecule has 6 fully saturated rings. The number of carbonyl (C=O) groups is 3. The van der Waals surface area contributed by atoms with Gasteiger partial charge in [-0.15, -0.1) is 0 Å². The molecule has 0 N–H and O–H groups in total. The number of ether oxygens (including phenoxy) is 1. The van der Waals surface area contributed by atoms with Crippen LogP contribution in [0.4, 0.5) is 5.69 Å². The second kappa shape index (κ2) is 9.16. The van der Waals surface area contributed by atoms with Crippen molar-refractivity contribution in [3.8, 4) is 0 Å². The van der Waals surface area contributed by atoms with Crippen molar-refractivity contribution in [2.45, 2.75) is 51.0 Å². The van der Waals surface area contributed by atoms with Crippen molar-refractivity contribution >= 4 is 35.0 Å². The first-order valence-corrected chi connectivity index (χ1v) is 13.5. The minimum absolute atomic E-state index is 0.0443. The quantitative estimate of drug-likeness (QED) is 0.561. The predicted octanol–water partition coefficient (Wildman–Crippen LogP) is 3.35. The van der Waals surface area contributed by atoms with E-state index < -0.39 is 6.04 Å². The molecule has 7 rings (SSSR count). The van der Waals surface area contributed by atoms with E-state index in [0.29, 0.717) is 54.8 Å². The van der Waals surface area contributed by atoms with Crippen molar-refractivity contribution in [3.63, 3.8) is 0 Å². The number of hydrogen-bond donors (Lipinski definition) is 0. The smallest absolute Gasteiger partial charge is 0.257 e. The van der Waals surface area contributed by atoms with Crippen molar-refractivity contribution in [1.29, 1.82) is 0 Å². The summed E-state index contributed by atoms with van der Waals surface area (Å²) in [7, 11) is 0. The average Bonchev–Trinajstić information content (AvgIpc) is 3.13. The summed E-state index contributed by atoms with van der Waals surface area (Å²) in [5.74, 6) is 1.48. The molecule has 4 aliphatic carbocycles. The van der Waals surface area contributed by atoms with E-state index in [4.69, 9.17) is 16.3 Å². The van der Waals surface area contributed by atoms with E-state index in [1.54, 1.807) is 29.2 Å². The van der Waals surface area contributed by atoms with Crippen LogP contribution < -0.4 is 4.90 Å². The molecule has 4 bridgehead atoms. The van der Waals surface area contributed by atoms with E-state index in [-0.39, 0.29) is 29.6 Å². The Morgan fingerprint density at radius 1 is 1.00 bits per heavy atom. The summed E-state index contributed by atoms with van der Waals surface area (Å²) in [4.78, 5) is 46.5.